The van der Waals surface area contributed by atoms with E-state index < -0.39 is 10.0 Å². The standard InChI is InChI=1S/C12H16N2O3S2/c1-9-6-12(18-11(9)8-13-2)19(15,16)14-7-10-4-3-5-17-10/h3-6,13-14H,7-8H2,1-2H3. The molecule has 0 fully saturated rings. The van der Waals surface area contributed by atoms with Gasteiger partial charge in [-0.3, -0.25) is 0 Å². The van der Waals surface area contributed by atoms with Gasteiger partial charge in [0.2, 0.25) is 10.0 Å². The number of hydrogen-bond donors (Lipinski definition) is 2. The first-order valence-electron chi connectivity index (χ1n) is 5.79. The second-order valence-electron chi connectivity index (χ2n) is 4.11. The molecule has 0 aliphatic carbocycles. The predicted molar refractivity (Wildman–Crippen MR) is 74.6 cm³/mol. The second kappa shape index (κ2) is 5.87. The highest BCUT2D eigenvalue weighted by molar-refractivity contribution is 7.91. The van der Waals surface area contributed by atoms with Crippen molar-refractivity contribution in [1.82, 2.24) is 10.0 Å². The van der Waals surface area contributed by atoms with Crippen molar-refractivity contribution in [3.8, 4) is 0 Å². The van der Waals surface area contributed by atoms with E-state index in [0.717, 1.165) is 10.4 Å². The lowest BCUT2D eigenvalue weighted by Crippen LogP contribution is -2.22. The molecule has 2 rings (SSSR count). The molecule has 0 atom stereocenters. The molecule has 104 valence electrons. The largest absolute Gasteiger partial charge is 0.468 e. The van der Waals surface area contributed by atoms with E-state index in [-0.39, 0.29) is 6.54 Å². The van der Waals surface area contributed by atoms with Crippen LogP contribution in [0, 0.1) is 6.92 Å². The zero-order valence-electron chi connectivity index (χ0n) is 10.8. The molecule has 0 bridgehead atoms. The molecule has 0 spiro atoms. The van der Waals surface area contributed by atoms with Crippen molar-refractivity contribution in [2.75, 3.05) is 7.05 Å². The molecule has 0 aliphatic heterocycles. The van der Waals surface area contributed by atoms with Crippen LogP contribution < -0.4 is 10.0 Å². The summed E-state index contributed by atoms with van der Waals surface area (Å²) in [4.78, 5) is 1.03. The molecule has 0 saturated carbocycles. The van der Waals surface area contributed by atoms with E-state index >= 15 is 0 Å². The fraction of sp³-hybridized carbons (Fsp3) is 0.333. The van der Waals surface area contributed by atoms with Gasteiger partial charge in [-0.15, -0.1) is 11.3 Å². The summed E-state index contributed by atoms with van der Waals surface area (Å²) in [5.74, 6) is 0.590. The van der Waals surface area contributed by atoms with E-state index in [2.05, 4.69) is 10.0 Å². The Hall–Kier alpha value is -1.15. The number of thiophene rings is 1. The van der Waals surface area contributed by atoms with Crippen LogP contribution in [0.15, 0.2) is 33.1 Å². The zero-order chi connectivity index (χ0) is 13.9. The average Bonchev–Trinajstić information content (AvgIpc) is 2.98. The zero-order valence-corrected chi connectivity index (χ0v) is 12.4. The SMILES string of the molecule is CNCc1sc(S(=O)(=O)NCc2ccco2)cc1C. The third kappa shape index (κ3) is 3.44. The maximum atomic E-state index is 12.1. The van der Waals surface area contributed by atoms with Gasteiger partial charge in [-0.1, -0.05) is 0 Å². The number of aryl methyl sites for hydroxylation is 1. The molecule has 5 nitrogen and oxygen atoms in total. The van der Waals surface area contributed by atoms with E-state index in [1.807, 2.05) is 14.0 Å². The molecule has 0 radical (unpaired) electrons. The first-order chi connectivity index (χ1) is 9.03. The normalized spacial score (nSPS) is 11.9. The predicted octanol–water partition coefficient (Wildman–Crippen LogP) is 1.85. The number of furan rings is 1. The van der Waals surface area contributed by atoms with Crippen molar-refractivity contribution in [2.45, 2.75) is 24.2 Å². The Balaban J connectivity index is 2.12. The molecule has 0 unspecified atom stereocenters. The van der Waals surface area contributed by atoms with Crippen molar-refractivity contribution < 1.29 is 12.8 Å². The summed E-state index contributed by atoms with van der Waals surface area (Å²) in [6.45, 7) is 2.74. The smallest absolute Gasteiger partial charge is 0.250 e. The number of hydrogen-bond acceptors (Lipinski definition) is 5. The molecule has 19 heavy (non-hydrogen) atoms. The van der Waals surface area contributed by atoms with Crippen LogP contribution in [0.2, 0.25) is 0 Å². The lowest BCUT2D eigenvalue weighted by Gasteiger charge is -2.02. The highest BCUT2D eigenvalue weighted by atomic mass is 32.2. The van der Waals surface area contributed by atoms with Crippen LogP contribution in [0.1, 0.15) is 16.2 Å². The molecule has 0 saturated heterocycles. The summed E-state index contributed by atoms with van der Waals surface area (Å²) >= 11 is 1.28. The van der Waals surface area contributed by atoms with Crippen molar-refractivity contribution in [3.05, 3.63) is 40.7 Å². The minimum Gasteiger partial charge on any atom is -0.468 e. The van der Waals surface area contributed by atoms with Crippen molar-refractivity contribution >= 4 is 21.4 Å². The van der Waals surface area contributed by atoms with Crippen LogP contribution in [-0.2, 0) is 23.1 Å². The van der Waals surface area contributed by atoms with Crippen LogP contribution in [-0.4, -0.2) is 15.5 Å². The van der Waals surface area contributed by atoms with Gasteiger partial charge in [0.1, 0.15) is 9.97 Å². The monoisotopic (exact) mass is 300 g/mol. The summed E-state index contributed by atoms with van der Waals surface area (Å²) in [5, 5.41) is 3.02. The van der Waals surface area contributed by atoms with Gasteiger partial charge in [0.05, 0.1) is 12.8 Å². The van der Waals surface area contributed by atoms with Gasteiger partial charge >= 0.3 is 0 Å². The van der Waals surface area contributed by atoms with Crippen LogP contribution in [0.5, 0.6) is 0 Å². The van der Waals surface area contributed by atoms with Crippen molar-refractivity contribution in [1.29, 1.82) is 0 Å². The molecule has 0 aromatic carbocycles. The summed E-state index contributed by atoms with van der Waals surface area (Å²) in [6.07, 6.45) is 1.52. The molecular weight excluding hydrogens is 284 g/mol. The Bertz CT molecular complexity index is 630. The Morgan fingerprint density at radius 2 is 2.16 bits per heavy atom. The van der Waals surface area contributed by atoms with Gasteiger partial charge in [0.15, 0.2) is 0 Å². The van der Waals surface area contributed by atoms with Gasteiger partial charge < -0.3 is 9.73 Å². The molecule has 2 aromatic heterocycles. The molecule has 0 aliphatic rings. The Morgan fingerprint density at radius 3 is 2.79 bits per heavy atom. The van der Waals surface area contributed by atoms with Crippen LogP contribution in [0.25, 0.3) is 0 Å². The molecule has 7 heteroatoms. The Morgan fingerprint density at radius 1 is 1.37 bits per heavy atom. The molecule has 2 N–H and O–H groups in total. The lowest BCUT2D eigenvalue weighted by atomic mass is 10.3. The third-order valence-corrected chi connectivity index (χ3v) is 5.73. The highest BCUT2D eigenvalue weighted by Gasteiger charge is 2.18. The maximum absolute atomic E-state index is 12.1. The highest BCUT2D eigenvalue weighted by Crippen LogP contribution is 2.25. The minimum absolute atomic E-state index is 0.160. The fourth-order valence-corrected chi connectivity index (χ4v) is 4.25. The van der Waals surface area contributed by atoms with Gasteiger partial charge in [-0.2, -0.15) is 0 Å². The number of nitrogens with one attached hydrogen (secondary N) is 2. The summed E-state index contributed by atoms with van der Waals surface area (Å²) in [5.41, 5.74) is 0.984. The topological polar surface area (TPSA) is 71.3 Å². The van der Waals surface area contributed by atoms with Gasteiger partial charge in [-0.25, -0.2) is 13.1 Å². The first-order valence-corrected chi connectivity index (χ1v) is 8.09. The quantitative estimate of drug-likeness (QED) is 0.854. The van der Waals surface area contributed by atoms with Crippen molar-refractivity contribution in [2.24, 2.45) is 0 Å². The lowest BCUT2D eigenvalue weighted by molar-refractivity contribution is 0.499. The maximum Gasteiger partial charge on any atom is 0.250 e. The summed E-state index contributed by atoms with van der Waals surface area (Å²) in [6, 6.07) is 5.15. The van der Waals surface area contributed by atoms with E-state index in [1.54, 1.807) is 18.2 Å². The van der Waals surface area contributed by atoms with E-state index in [0.29, 0.717) is 16.5 Å². The van der Waals surface area contributed by atoms with Crippen molar-refractivity contribution in [3.63, 3.8) is 0 Å². The number of sulfonamides is 1. The van der Waals surface area contributed by atoms with Crippen LogP contribution in [0.3, 0.4) is 0 Å². The van der Waals surface area contributed by atoms with E-state index in [1.165, 1.54) is 17.6 Å². The second-order valence-corrected chi connectivity index (χ2v) is 7.24. The number of rotatable bonds is 6. The van der Waals surface area contributed by atoms with Crippen LogP contribution in [0.4, 0.5) is 0 Å². The fourth-order valence-electron chi connectivity index (χ4n) is 1.61. The van der Waals surface area contributed by atoms with Gasteiger partial charge in [0.25, 0.3) is 0 Å². The van der Waals surface area contributed by atoms with Crippen LogP contribution >= 0.6 is 11.3 Å². The van der Waals surface area contributed by atoms with Gasteiger partial charge in [0, 0.05) is 11.4 Å². The molecular formula is C12H16N2O3S2. The molecule has 2 heterocycles. The van der Waals surface area contributed by atoms with E-state index in [4.69, 9.17) is 4.42 Å². The third-order valence-electron chi connectivity index (χ3n) is 2.62. The van der Waals surface area contributed by atoms with Gasteiger partial charge in [-0.05, 0) is 37.7 Å². The average molecular weight is 300 g/mol. The Kier molecular flexibility index (Phi) is 4.41. The molecule has 2 aromatic rings. The first kappa shape index (κ1) is 14.3. The Labute approximate surface area is 116 Å². The van der Waals surface area contributed by atoms with E-state index in [9.17, 15) is 8.42 Å². The minimum atomic E-state index is -3.48. The molecule has 0 amide bonds. The summed E-state index contributed by atoms with van der Waals surface area (Å²) in [7, 11) is -1.64. The summed E-state index contributed by atoms with van der Waals surface area (Å²) < 4.78 is 32.2.